The Morgan fingerprint density at radius 1 is 1.20 bits per heavy atom. The summed E-state index contributed by atoms with van der Waals surface area (Å²) in [5.41, 5.74) is 0.138. The smallest absolute Gasteiger partial charge is 0.277 e. The van der Waals surface area contributed by atoms with Gasteiger partial charge < -0.3 is 5.32 Å². The van der Waals surface area contributed by atoms with E-state index >= 15 is 0 Å². The van der Waals surface area contributed by atoms with Crippen molar-refractivity contribution in [3.05, 3.63) is 35.9 Å². The summed E-state index contributed by atoms with van der Waals surface area (Å²) < 4.78 is 28.0. The Morgan fingerprint density at radius 2 is 1.93 bits per heavy atom. The van der Waals surface area contributed by atoms with Crippen LogP contribution in [0.2, 0.25) is 0 Å². The summed E-state index contributed by atoms with van der Waals surface area (Å²) in [5, 5.41) is 3.03. The minimum Gasteiger partial charge on any atom is -0.316 e. The van der Waals surface area contributed by atoms with Gasteiger partial charge in [0, 0.05) is 18.0 Å². The molecule has 1 heterocycles. The van der Waals surface area contributed by atoms with Crippen molar-refractivity contribution in [2.75, 3.05) is 13.1 Å². The highest BCUT2D eigenvalue weighted by Crippen LogP contribution is 2.38. The summed E-state index contributed by atoms with van der Waals surface area (Å²) in [5.74, 6) is -3.26. The molecule has 1 N–H and O–H groups in total. The first-order valence-corrected chi connectivity index (χ1v) is 5.35. The van der Waals surface area contributed by atoms with Crippen LogP contribution in [0, 0.1) is 5.92 Å². The molecule has 1 aliphatic heterocycles. The SMILES string of the molecule is FC(F)(c1ccccc1)C1CCCNC1. The normalized spacial score (nSPS) is 22.7. The summed E-state index contributed by atoms with van der Waals surface area (Å²) in [7, 11) is 0. The van der Waals surface area contributed by atoms with Gasteiger partial charge in [-0.3, -0.25) is 0 Å². The van der Waals surface area contributed by atoms with Gasteiger partial charge in [-0.25, -0.2) is 8.78 Å². The lowest BCUT2D eigenvalue weighted by Gasteiger charge is -2.30. The third-order valence-electron chi connectivity index (χ3n) is 2.97. The molecule has 0 aliphatic carbocycles. The Labute approximate surface area is 88.5 Å². The molecule has 1 unspecified atom stereocenters. The maximum absolute atomic E-state index is 14.0. The van der Waals surface area contributed by atoms with E-state index in [4.69, 9.17) is 0 Å². The minimum absolute atomic E-state index is 0.138. The van der Waals surface area contributed by atoms with E-state index in [-0.39, 0.29) is 5.56 Å². The van der Waals surface area contributed by atoms with Crippen molar-refractivity contribution >= 4 is 0 Å². The topological polar surface area (TPSA) is 12.0 Å². The molecule has 1 atom stereocenters. The van der Waals surface area contributed by atoms with Gasteiger partial charge in [0.2, 0.25) is 0 Å². The van der Waals surface area contributed by atoms with Crippen LogP contribution in [0.3, 0.4) is 0 Å². The Bertz CT molecular complexity index is 305. The van der Waals surface area contributed by atoms with Gasteiger partial charge in [-0.15, -0.1) is 0 Å². The molecular weight excluding hydrogens is 196 g/mol. The second-order valence-corrected chi connectivity index (χ2v) is 4.03. The zero-order valence-corrected chi connectivity index (χ0v) is 8.55. The predicted octanol–water partition coefficient (Wildman–Crippen LogP) is 2.78. The molecule has 0 saturated carbocycles. The number of benzene rings is 1. The monoisotopic (exact) mass is 211 g/mol. The second-order valence-electron chi connectivity index (χ2n) is 4.03. The number of alkyl halides is 2. The standard InChI is InChI=1S/C12H15F2N/c13-12(14,10-5-2-1-3-6-10)11-7-4-8-15-9-11/h1-3,5-6,11,15H,4,7-9H2. The van der Waals surface area contributed by atoms with E-state index in [1.165, 1.54) is 12.1 Å². The summed E-state index contributed by atoms with van der Waals surface area (Å²) in [6.07, 6.45) is 1.45. The van der Waals surface area contributed by atoms with E-state index in [2.05, 4.69) is 5.32 Å². The number of rotatable bonds is 2. The van der Waals surface area contributed by atoms with Crippen LogP contribution in [0.4, 0.5) is 8.78 Å². The maximum atomic E-state index is 14.0. The quantitative estimate of drug-likeness (QED) is 0.793. The molecule has 1 aromatic rings. The van der Waals surface area contributed by atoms with E-state index in [9.17, 15) is 8.78 Å². The molecular formula is C12H15F2N. The van der Waals surface area contributed by atoms with Gasteiger partial charge >= 0.3 is 0 Å². The molecule has 1 fully saturated rings. The first-order valence-electron chi connectivity index (χ1n) is 5.35. The predicted molar refractivity (Wildman–Crippen MR) is 55.9 cm³/mol. The highest BCUT2D eigenvalue weighted by molar-refractivity contribution is 5.21. The molecule has 3 heteroatoms. The van der Waals surface area contributed by atoms with Crippen molar-refractivity contribution in [1.29, 1.82) is 0 Å². The van der Waals surface area contributed by atoms with Crippen LogP contribution in [0.25, 0.3) is 0 Å². The van der Waals surface area contributed by atoms with Crippen LogP contribution in [-0.4, -0.2) is 13.1 Å². The van der Waals surface area contributed by atoms with Crippen molar-refractivity contribution in [2.24, 2.45) is 5.92 Å². The summed E-state index contributed by atoms with van der Waals surface area (Å²) in [4.78, 5) is 0. The van der Waals surface area contributed by atoms with Gasteiger partial charge in [-0.05, 0) is 19.4 Å². The Hall–Kier alpha value is -0.960. The largest absolute Gasteiger partial charge is 0.316 e. The molecule has 1 saturated heterocycles. The number of hydrogen-bond donors (Lipinski definition) is 1. The zero-order chi connectivity index (χ0) is 10.7. The van der Waals surface area contributed by atoms with E-state index in [1.54, 1.807) is 18.2 Å². The molecule has 0 spiro atoms. The van der Waals surface area contributed by atoms with E-state index in [0.29, 0.717) is 13.0 Å². The van der Waals surface area contributed by atoms with Crippen molar-refractivity contribution in [1.82, 2.24) is 5.32 Å². The highest BCUT2D eigenvalue weighted by Gasteiger charge is 2.41. The molecule has 1 nitrogen and oxygen atoms in total. The van der Waals surface area contributed by atoms with Gasteiger partial charge in [0.1, 0.15) is 0 Å². The van der Waals surface area contributed by atoms with Crippen LogP contribution in [-0.2, 0) is 5.92 Å². The molecule has 0 aromatic heterocycles. The molecule has 82 valence electrons. The van der Waals surface area contributed by atoms with Crippen LogP contribution in [0.5, 0.6) is 0 Å². The highest BCUT2D eigenvalue weighted by atomic mass is 19.3. The second kappa shape index (κ2) is 4.27. The molecule has 1 aromatic carbocycles. The Balaban J connectivity index is 2.18. The average molecular weight is 211 g/mol. The van der Waals surface area contributed by atoms with Crippen molar-refractivity contribution in [3.8, 4) is 0 Å². The molecule has 0 bridgehead atoms. The lowest BCUT2D eigenvalue weighted by molar-refractivity contribution is -0.0724. The molecule has 2 rings (SSSR count). The van der Waals surface area contributed by atoms with Gasteiger partial charge in [0.25, 0.3) is 5.92 Å². The van der Waals surface area contributed by atoms with Crippen molar-refractivity contribution in [3.63, 3.8) is 0 Å². The van der Waals surface area contributed by atoms with Crippen LogP contribution in [0.1, 0.15) is 18.4 Å². The van der Waals surface area contributed by atoms with E-state index in [1.807, 2.05) is 0 Å². The molecule has 1 aliphatic rings. The van der Waals surface area contributed by atoms with Crippen molar-refractivity contribution in [2.45, 2.75) is 18.8 Å². The Kier molecular flexibility index (Phi) is 3.00. The lowest BCUT2D eigenvalue weighted by atomic mass is 9.88. The van der Waals surface area contributed by atoms with Crippen LogP contribution < -0.4 is 5.32 Å². The van der Waals surface area contributed by atoms with E-state index in [0.717, 1.165) is 13.0 Å². The summed E-state index contributed by atoms with van der Waals surface area (Å²) >= 11 is 0. The maximum Gasteiger partial charge on any atom is 0.277 e. The number of nitrogens with one attached hydrogen (secondary N) is 1. The fourth-order valence-corrected chi connectivity index (χ4v) is 2.06. The van der Waals surface area contributed by atoms with E-state index < -0.39 is 11.8 Å². The third-order valence-corrected chi connectivity index (χ3v) is 2.97. The fourth-order valence-electron chi connectivity index (χ4n) is 2.06. The molecule has 15 heavy (non-hydrogen) atoms. The fraction of sp³-hybridized carbons (Fsp3) is 0.500. The number of halogens is 2. The third kappa shape index (κ3) is 2.17. The van der Waals surface area contributed by atoms with Crippen molar-refractivity contribution < 1.29 is 8.78 Å². The van der Waals surface area contributed by atoms with Gasteiger partial charge in [-0.2, -0.15) is 0 Å². The van der Waals surface area contributed by atoms with Crippen LogP contribution >= 0.6 is 0 Å². The molecule has 0 radical (unpaired) electrons. The van der Waals surface area contributed by atoms with Crippen LogP contribution in [0.15, 0.2) is 30.3 Å². The number of hydrogen-bond acceptors (Lipinski definition) is 1. The summed E-state index contributed by atoms with van der Waals surface area (Å²) in [6.45, 7) is 1.28. The molecule has 0 amide bonds. The summed E-state index contributed by atoms with van der Waals surface area (Å²) in [6, 6.07) is 8.11. The van der Waals surface area contributed by atoms with Gasteiger partial charge in [-0.1, -0.05) is 30.3 Å². The zero-order valence-electron chi connectivity index (χ0n) is 8.55. The van der Waals surface area contributed by atoms with Gasteiger partial charge in [0.15, 0.2) is 0 Å². The average Bonchev–Trinajstić information content (AvgIpc) is 2.31. The Morgan fingerprint density at radius 3 is 2.53 bits per heavy atom. The number of piperidine rings is 1. The lowest BCUT2D eigenvalue weighted by Crippen LogP contribution is -2.39. The van der Waals surface area contributed by atoms with Gasteiger partial charge in [0.05, 0.1) is 0 Å². The minimum atomic E-state index is -2.70. The first kappa shape index (κ1) is 10.6. The first-order chi connectivity index (χ1) is 7.21.